The van der Waals surface area contributed by atoms with E-state index < -0.39 is 5.97 Å². The Morgan fingerprint density at radius 3 is 2.65 bits per heavy atom. The molecule has 0 spiro atoms. The van der Waals surface area contributed by atoms with Crippen molar-refractivity contribution < 1.29 is 9.90 Å². The summed E-state index contributed by atoms with van der Waals surface area (Å²) in [7, 11) is 0. The fourth-order valence-electron chi connectivity index (χ4n) is 3.69. The third kappa shape index (κ3) is 3.77. The van der Waals surface area contributed by atoms with Gasteiger partial charge in [-0.1, -0.05) is 20.8 Å². The molecular weight excluding hydrogens is 290 g/mol. The minimum absolute atomic E-state index is 0.141. The first-order chi connectivity index (χ1) is 10.8. The summed E-state index contributed by atoms with van der Waals surface area (Å²) >= 11 is 0. The van der Waals surface area contributed by atoms with Crippen molar-refractivity contribution in [3.8, 4) is 0 Å². The molecule has 0 radical (unpaired) electrons. The molecule has 0 amide bonds. The van der Waals surface area contributed by atoms with Crippen LogP contribution in [0.3, 0.4) is 0 Å². The highest BCUT2D eigenvalue weighted by Crippen LogP contribution is 2.36. The van der Waals surface area contributed by atoms with E-state index >= 15 is 0 Å². The third-order valence-corrected chi connectivity index (χ3v) is 5.61. The van der Waals surface area contributed by atoms with Gasteiger partial charge in [-0.2, -0.15) is 5.10 Å². The molecule has 2 aliphatic rings. The topological polar surface area (TPSA) is 58.4 Å². The molecule has 2 fully saturated rings. The monoisotopic (exact) mass is 319 g/mol. The highest BCUT2D eigenvalue weighted by molar-refractivity contribution is 5.70. The van der Waals surface area contributed by atoms with E-state index in [-0.39, 0.29) is 11.3 Å². The van der Waals surface area contributed by atoms with Crippen molar-refractivity contribution in [3.05, 3.63) is 18.0 Å². The van der Waals surface area contributed by atoms with Gasteiger partial charge in [-0.15, -0.1) is 0 Å². The van der Waals surface area contributed by atoms with Crippen LogP contribution in [0.25, 0.3) is 0 Å². The van der Waals surface area contributed by atoms with Crippen molar-refractivity contribution in [2.24, 2.45) is 17.3 Å². The second-order valence-corrected chi connectivity index (χ2v) is 8.44. The van der Waals surface area contributed by atoms with Gasteiger partial charge in [0.05, 0.1) is 18.2 Å². The fraction of sp³-hybridized carbons (Fsp3) is 0.778. The molecule has 0 unspecified atom stereocenters. The minimum atomic E-state index is -0.658. The van der Waals surface area contributed by atoms with Gasteiger partial charge in [0.1, 0.15) is 0 Å². The molecule has 1 aliphatic heterocycles. The van der Waals surface area contributed by atoms with Crippen LogP contribution in [-0.2, 0) is 11.3 Å². The van der Waals surface area contributed by atoms with Crippen molar-refractivity contribution in [1.82, 2.24) is 14.7 Å². The Morgan fingerprint density at radius 2 is 2.09 bits per heavy atom. The number of nitrogens with zero attached hydrogens (tertiary/aromatic N) is 3. The van der Waals surface area contributed by atoms with E-state index in [2.05, 4.69) is 41.6 Å². The lowest BCUT2D eigenvalue weighted by atomic mass is 9.73. The molecule has 5 nitrogen and oxygen atoms in total. The van der Waals surface area contributed by atoms with Crippen LogP contribution in [0.5, 0.6) is 0 Å². The van der Waals surface area contributed by atoms with Crippen LogP contribution in [0.2, 0.25) is 0 Å². The van der Waals surface area contributed by atoms with E-state index in [1.54, 1.807) is 0 Å². The third-order valence-electron chi connectivity index (χ3n) is 5.61. The standard InChI is InChI=1S/C18H29N3O2/c1-18(2,3)15-7-14(17(22)23)11-20(12-15)9-13-8-19-21(10-13)16-5-4-6-16/h8,10,14-16H,4-7,9,11-12H2,1-3H3,(H,22,23)/t14-,15+/m0/s1. The molecule has 1 N–H and O–H groups in total. The van der Waals surface area contributed by atoms with Crippen LogP contribution in [0, 0.1) is 17.3 Å². The summed E-state index contributed by atoms with van der Waals surface area (Å²) in [6, 6.07) is 0.583. The van der Waals surface area contributed by atoms with Gasteiger partial charge in [-0.25, -0.2) is 0 Å². The maximum absolute atomic E-state index is 11.5. The molecule has 2 atom stereocenters. The number of carboxylic acid groups (broad SMARTS) is 1. The van der Waals surface area contributed by atoms with Crippen LogP contribution in [0.4, 0.5) is 0 Å². The lowest BCUT2D eigenvalue weighted by molar-refractivity contribution is -0.145. The summed E-state index contributed by atoms with van der Waals surface area (Å²) in [5, 5.41) is 14.0. The lowest BCUT2D eigenvalue weighted by Gasteiger charge is -2.42. The smallest absolute Gasteiger partial charge is 0.307 e. The van der Waals surface area contributed by atoms with E-state index in [0.29, 0.717) is 18.5 Å². The SMILES string of the molecule is CC(C)(C)[C@@H]1C[C@H](C(=O)O)CN(Cc2cnn(C3CCC3)c2)C1. The average molecular weight is 319 g/mol. The number of carbonyl (C=O) groups is 1. The van der Waals surface area contributed by atoms with Gasteiger partial charge >= 0.3 is 5.97 Å². The van der Waals surface area contributed by atoms with Gasteiger partial charge in [-0.3, -0.25) is 14.4 Å². The molecule has 3 rings (SSSR count). The zero-order chi connectivity index (χ0) is 16.6. The maximum Gasteiger partial charge on any atom is 0.307 e. The molecule has 0 bridgehead atoms. The van der Waals surface area contributed by atoms with Crippen molar-refractivity contribution >= 4 is 5.97 Å². The minimum Gasteiger partial charge on any atom is -0.481 e. The Kier molecular flexibility index (Phi) is 4.50. The van der Waals surface area contributed by atoms with Gasteiger partial charge in [0.25, 0.3) is 0 Å². The van der Waals surface area contributed by atoms with Crippen LogP contribution in [0.15, 0.2) is 12.4 Å². The highest BCUT2D eigenvalue weighted by Gasteiger charge is 2.37. The quantitative estimate of drug-likeness (QED) is 0.926. The number of carboxylic acids is 1. The fourth-order valence-corrected chi connectivity index (χ4v) is 3.69. The number of aromatic nitrogens is 2. The first kappa shape index (κ1) is 16.5. The molecule has 0 aromatic carbocycles. The first-order valence-corrected chi connectivity index (χ1v) is 8.81. The van der Waals surface area contributed by atoms with Crippen molar-refractivity contribution in [2.45, 2.75) is 59.0 Å². The van der Waals surface area contributed by atoms with Crippen molar-refractivity contribution in [1.29, 1.82) is 0 Å². The second-order valence-electron chi connectivity index (χ2n) is 8.44. The second kappa shape index (κ2) is 6.27. The van der Waals surface area contributed by atoms with Crippen molar-refractivity contribution in [3.63, 3.8) is 0 Å². The van der Waals surface area contributed by atoms with E-state index in [4.69, 9.17) is 0 Å². The summed E-state index contributed by atoms with van der Waals surface area (Å²) in [5.74, 6) is -0.497. The van der Waals surface area contributed by atoms with Gasteiger partial charge < -0.3 is 5.11 Å². The number of hydrogen-bond donors (Lipinski definition) is 1. The molecule has 23 heavy (non-hydrogen) atoms. The summed E-state index contributed by atoms with van der Waals surface area (Å²) in [6.45, 7) is 9.08. The zero-order valence-corrected chi connectivity index (χ0v) is 14.5. The first-order valence-electron chi connectivity index (χ1n) is 8.81. The molecule has 128 valence electrons. The Balaban J connectivity index is 1.67. The molecule has 1 aromatic heterocycles. The molecule has 1 aliphatic carbocycles. The number of hydrogen-bond acceptors (Lipinski definition) is 3. The predicted molar refractivity (Wildman–Crippen MR) is 89.1 cm³/mol. The summed E-state index contributed by atoms with van der Waals surface area (Å²) in [4.78, 5) is 13.8. The molecule has 5 heteroatoms. The number of rotatable bonds is 4. The normalized spacial score (nSPS) is 26.9. The highest BCUT2D eigenvalue weighted by atomic mass is 16.4. The number of aliphatic carboxylic acids is 1. The predicted octanol–water partition coefficient (Wildman–Crippen LogP) is 3.18. The van der Waals surface area contributed by atoms with Crippen LogP contribution in [-0.4, -0.2) is 38.8 Å². The number of piperidine rings is 1. The van der Waals surface area contributed by atoms with Gasteiger partial charge in [-0.05, 0) is 37.0 Å². The molecular formula is C18H29N3O2. The Hall–Kier alpha value is -1.36. The molecule has 1 saturated heterocycles. The largest absolute Gasteiger partial charge is 0.481 e. The van der Waals surface area contributed by atoms with E-state index in [9.17, 15) is 9.90 Å². The molecule has 1 aromatic rings. The van der Waals surface area contributed by atoms with Gasteiger partial charge in [0.15, 0.2) is 0 Å². The van der Waals surface area contributed by atoms with Gasteiger partial charge in [0.2, 0.25) is 0 Å². The summed E-state index contributed by atoms with van der Waals surface area (Å²) < 4.78 is 2.10. The Labute approximate surface area is 138 Å². The van der Waals surface area contributed by atoms with E-state index in [1.165, 1.54) is 24.8 Å². The van der Waals surface area contributed by atoms with Crippen LogP contribution in [0.1, 0.15) is 58.1 Å². The maximum atomic E-state index is 11.5. The molecule has 1 saturated carbocycles. The van der Waals surface area contributed by atoms with Crippen molar-refractivity contribution in [2.75, 3.05) is 13.1 Å². The Morgan fingerprint density at radius 1 is 1.35 bits per heavy atom. The van der Waals surface area contributed by atoms with Gasteiger partial charge in [0, 0.05) is 31.4 Å². The summed E-state index contributed by atoms with van der Waals surface area (Å²) in [6.07, 6.45) is 8.67. The summed E-state index contributed by atoms with van der Waals surface area (Å²) in [5.41, 5.74) is 1.35. The van der Waals surface area contributed by atoms with E-state index in [0.717, 1.165) is 19.5 Å². The number of likely N-dealkylation sites (tertiary alicyclic amines) is 1. The van der Waals surface area contributed by atoms with Crippen LogP contribution < -0.4 is 0 Å². The molecule has 2 heterocycles. The van der Waals surface area contributed by atoms with E-state index in [1.807, 2.05) is 6.20 Å². The van der Waals surface area contributed by atoms with Crippen LogP contribution >= 0.6 is 0 Å². The average Bonchev–Trinajstić information content (AvgIpc) is 2.83. The lowest BCUT2D eigenvalue weighted by Crippen LogP contribution is -2.46. The zero-order valence-electron chi connectivity index (χ0n) is 14.5. The Bertz CT molecular complexity index is 557.